The van der Waals surface area contributed by atoms with Gasteiger partial charge in [0.2, 0.25) is 0 Å². The van der Waals surface area contributed by atoms with Crippen molar-refractivity contribution in [1.29, 1.82) is 0 Å². The molecule has 6 nitrogen and oxygen atoms in total. The molecule has 0 saturated heterocycles. The predicted octanol–water partition coefficient (Wildman–Crippen LogP) is 1.37. The molecule has 3 atom stereocenters. The maximum absolute atomic E-state index is 12.0. The zero-order chi connectivity index (χ0) is 13.9. The molecule has 0 aliphatic heterocycles. The van der Waals surface area contributed by atoms with Gasteiger partial charge in [0.1, 0.15) is 6.29 Å². The van der Waals surface area contributed by atoms with Gasteiger partial charge in [-0.3, -0.25) is 14.9 Å². The zero-order valence-corrected chi connectivity index (χ0v) is 10.7. The number of esters is 1. The van der Waals surface area contributed by atoms with Crippen LogP contribution in [0.3, 0.4) is 0 Å². The van der Waals surface area contributed by atoms with Crippen LogP contribution in [0.5, 0.6) is 0 Å². The first-order chi connectivity index (χ1) is 8.42. The summed E-state index contributed by atoms with van der Waals surface area (Å²) in [6, 6.07) is 0. The van der Waals surface area contributed by atoms with Crippen molar-refractivity contribution in [2.75, 3.05) is 6.61 Å². The molecule has 1 aliphatic rings. The highest BCUT2D eigenvalue weighted by atomic mass is 16.6. The van der Waals surface area contributed by atoms with Crippen molar-refractivity contribution in [1.82, 2.24) is 0 Å². The van der Waals surface area contributed by atoms with Crippen LogP contribution in [0.25, 0.3) is 0 Å². The highest BCUT2D eigenvalue weighted by Crippen LogP contribution is 2.41. The monoisotopic (exact) mass is 255 g/mol. The van der Waals surface area contributed by atoms with Crippen molar-refractivity contribution in [3.63, 3.8) is 0 Å². The van der Waals surface area contributed by atoms with Crippen LogP contribution in [0.2, 0.25) is 0 Å². The molecular formula is C12H17NO5. The average Bonchev–Trinajstić information content (AvgIpc) is 2.29. The van der Waals surface area contributed by atoms with Crippen LogP contribution >= 0.6 is 0 Å². The van der Waals surface area contributed by atoms with E-state index in [1.165, 1.54) is 6.92 Å². The minimum Gasteiger partial charge on any atom is -0.461 e. The Morgan fingerprint density at radius 2 is 2.28 bits per heavy atom. The highest BCUT2D eigenvalue weighted by Gasteiger charge is 2.63. The zero-order valence-electron chi connectivity index (χ0n) is 10.7. The predicted molar refractivity (Wildman–Crippen MR) is 63.5 cm³/mol. The summed E-state index contributed by atoms with van der Waals surface area (Å²) in [5.74, 6) is -2.15. The summed E-state index contributed by atoms with van der Waals surface area (Å²) in [5, 5.41) is 11.4. The molecule has 0 unspecified atom stereocenters. The second-order valence-corrected chi connectivity index (χ2v) is 4.48. The van der Waals surface area contributed by atoms with Crippen LogP contribution in [0, 0.1) is 22.0 Å². The maximum Gasteiger partial charge on any atom is 0.385 e. The lowest BCUT2D eigenvalue weighted by atomic mass is 9.67. The number of rotatable bonds is 4. The third-order valence-corrected chi connectivity index (χ3v) is 3.66. The van der Waals surface area contributed by atoms with Crippen molar-refractivity contribution in [3.8, 4) is 0 Å². The normalized spacial score (nSPS) is 31.4. The lowest BCUT2D eigenvalue weighted by Gasteiger charge is -2.36. The molecule has 0 radical (unpaired) electrons. The van der Waals surface area contributed by atoms with Crippen molar-refractivity contribution < 1.29 is 19.2 Å². The number of aldehydes is 1. The molecule has 100 valence electrons. The van der Waals surface area contributed by atoms with Gasteiger partial charge in [-0.1, -0.05) is 19.9 Å². The number of hydrogen-bond donors (Lipinski definition) is 0. The first-order valence-corrected chi connectivity index (χ1v) is 5.89. The third-order valence-electron chi connectivity index (χ3n) is 3.66. The third kappa shape index (κ3) is 1.91. The number of nitro groups is 1. The summed E-state index contributed by atoms with van der Waals surface area (Å²) in [7, 11) is 0. The van der Waals surface area contributed by atoms with Gasteiger partial charge in [-0.2, -0.15) is 0 Å². The molecule has 0 aromatic carbocycles. The number of hydrogen-bond acceptors (Lipinski definition) is 5. The van der Waals surface area contributed by atoms with Gasteiger partial charge in [0.25, 0.3) is 0 Å². The van der Waals surface area contributed by atoms with E-state index >= 15 is 0 Å². The quantitative estimate of drug-likeness (QED) is 0.327. The topological polar surface area (TPSA) is 86.5 Å². The fourth-order valence-corrected chi connectivity index (χ4v) is 2.54. The van der Waals surface area contributed by atoms with E-state index < -0.39 is 28.3 Å². The van der Waals surface area contributed by atoms with Crippen LogP contribution in [-0.2, 0) is 14.3 Å². The van der Waals surface area contributed by atoms with Crippen LogP contribution < -0.4 is 0 Å². The Bertz CT molecular complexity index is 403. The van der Waals surface area contributed by atoms with Gasteiger partial charge in [0.05, 0.1) is 12.5 Å². The lowest BCUT2D eigenvalue weighted by molar-refractivity contribution is -0.573. The minimum absolute atomic E-state index is 0.0774. The molecule has 1 rings (SSSR count). The second kappa shape index (κ2) is 5.29. The van der Waals surface area contributed by atoms with Crippen LogP contribution in [0.1, 0.15) is 27.2 Å². The van der Waals surface area contributed by atoms with Gasteiger partial charge in [0.15, 0.2) is 0 Å². The molecule has 0 saturated carbocycles. The van der Waals surface area contributed by atoms with Crippen LogP contribution in [-0.4, -0.2) is 29.3 Å². The highest BCUT2D eigenvalue weighted by molar-refractivity contribution is 5.85. The molecule has 0 aromatic rings. The van der Waals surface area contributed by atoms with E-state index in [2.05, 4.69) is 0 Å². The molecule has 0 bridgehead atoms. The van der Waals surface area contributed by atoms with Gasteiger partial charge in [-0.25, -0.2) is 4.79 Å². The Balaban J connectivity index is 3.32. The Kier molecular flexibility index (Phi) is 4.21. The standard InChI is InChI=1S/C12H17NO5/c1-4-18-11(15)12(13(16)17)8(2)5-6-10(7-14)9(12)3/h6-9H,4-5H2,1-3H3/t8-,9-,12+/m1/s1. The maximum atomic E-state index is 12.0. The molecular weight excluding hydrogens is 238 g/mol. The van der Waals surface area contributed by atoms with Crippen molar-refractivity contribution >= 4 is 12.3 Å². The molecule has 0 spiro atoms. The van der Waals surface area contributed by atoms with E-state index in [9.17, 15) is 19.7 Å². The summed E-state index contributed by atoms with van der Waals surface area (Å²) < 4.78 is 4.86. The van der Waals surface area contributed by atoms with Crippen molar-refractivity contribution in [2.24, 2.45) is 11.8 Å². The molecule has 6 heteroatoms. The number of carbonyl (C=O) groups is 2. The van der Waals surface area contributed by atoms with E-state index in [-0.39, 0.29) is 12.2 Å². The summed E-state index contributed by atoms with van der Waals surface area (Å²) in [5.41, 5.74) is -1.57. The largest absolute Gasteiger partial charge is 0.461 e. The number of nitrogens with zero attached hydrogens (tertiary/aromatic N) is 1. The van der Waals surface area contributed by atoms with E-state index in [1.807, 2.05) is 0 Å². The minimum atomic E-state index is -1.86. The summed E-state index contributed by atoms with van der Waals surface area (Å²) in [6.45, 7) is 4.83. The van der Waals surface area contributed by atoms with Gasteiger partial charge in [0, 0.05) is 10.8 Å². The van der Waals surface area contributed by atoms with E-state index in [0.29, 0.717) is 12.7 Å². The van der Waals surface area contributed by atoms with Gasteiger partial charge in [-0.15, -0.1) is 0 Å². The average molecular weight is 255 g/mol. The smallest absolute Gasteiger partial charge is 0.385 e. The SMILES string of the molecule is CCOC(=O)[C@]1([N+](=O)[O-])[C@H](C)CC=C(C=O)[C@H]1C. The molecule has 0 N–H and O–H groups in total. The Labute approximate surface area is 105 Å². The summed E-state index contributed by atoms with van der Waals surface area (Å²) >= 11 is 0. The Hall–Kier alpha value is -1.72. The Morgan fingerprint density at radius 3 is 2.72 bits per heavy atom. The number of ether oxygens (including phenoxy) is 1. The fourth-order valence-electron chi connectivity index (χ4n) is 2.54. The summed E-state index contributed by atoms with van der Waals surface area (Å²) in [4.78, 5) is 33.8. The Morgan fingerprint density at radius 1 is 1.67 bits per heavy atom. The number of carbonyl (C=O) groups excluding carboxylic acids is 2. The summed E-state index contributed by atoms with van der Waals surface area (Å²) in [6.07, 6.45) is 2.55. The molecule has 18 heavy (non-hydrogen) atoms. The second-order valence-electron chi connectivity index (χ2n) is 4.48. The first-order valence-electron chi connectivity index (χ1n) is 5.89. The lowest BCUT2D eigenvalue weighted by Crippen LogP contribution is -2.59. The van der Waals surface area contributed by atoms with E-state index in [1.54, 1.807) is 19.9 Å². The number of allylic oxidation sites excluding steroid dienone is 1. The van der Waals surface area contributed by atoms with Crippen molar-refractivity contribution in [2.45, 2.75) is 32.7 Å². The molecule has 1 aliphatic carbocycles. The van der Waals surface area contributed by atoms with Crippen molar-refractivity contribution in [3.05, 3.63) is 21.8 Å². The van der Waals surface area contributed by atoms with E-state index in [0.717, 1.165) is 0 Å². The van der Waals surface area contributed by atoms with Crippen LogP contribution in [0.15, 0.2) is 11.6 Å². The van der Waals surface area contributed by atoms with Gasteiger partial charge >= 0.3 is 11.5 Å². The molecule has 0 amide bonds. The van der Waals surface area contributed by atoms with Crippen LogP contribution in [0.4, 0.5) is 0 Å². The van der Waals surface area contributed by atoms with Gasteiger partial charge in [-0.05, 0) is 18.9 Å². The first kappa shape index (κ1) is 14.3. The molecule has 0 aromatic heterocycles. The molecule has 0 fully saturated rings. The van der Waals surface area contributed by atoms with Gasteiger partial charge < -0.3 is 4.74 Å². The molecule has 0 heterocycles. The van der Waals surface area contributed by atoms with E-state index in [4.69, 9.17) is 4.74 Å². The fraction of sp³-hybridized carbons (Fsp3) is 0.667.